The molecule has 0 atom stereocenters. The number of methoxy groups -OCH3 is 2. The van der Waals surface area contributed by atoms with Crippen molar-refractivity contribution in [3.63, 3.8) is 0 Å². The standard InChI is InChI=1S/C27H23FO7/c1-31-22-9-8-20(16-6-7-21-17(12-16)14-33-25(21)29)23(24(22)32-2)34-15-27(10-11-27)26(30)35-19-5-3-4-18(28)13-19/h3-9,12-13H,10-11,14-15H2,1-2H3. The van der Waals surface area contributed by atoms with E-state index in [9.17, 15) is 14.0 Å². The van der Waals surface area contributed by atoms with Crippen molar-refractivity contribution < 1.29 is 37.7 Å². The number of carbonyl (C=O) groups is 2. The topological polar surface area (TPSA) is 80.3 Å². The first kappa shape index (κ1) is 22.7. The molecule has 0 spiro atoms. The largest absolute Gasteiger partial charge is 0.493 e. The lowest BCUT2D eigenvalue weighted by molar-refractivity contribution is -0.141. The monoisotopic (exact) mass is 478 g/mol. The molecule has 1 aliphatic carbocycles. The predicted octanol–water partition coefficient (Wildman–Crippen LogP) is 4.94. The molecule has 0 bridgehead atoms. The van der Waals surface area contributed by atoms with Crippen molar-refractivity contribution in [1.29, 1.82) is 0 Å². The Morgan fingerprint density at radius 1 is 1.00 bits per heavy atom. The number of ether oxygens (including phenoxy) is 5. The van der Waals surface area contributed by atoms with Gasteiger partial charge >= 0.3 is 11.9 Å². The summed E-state index contributed by atoms with van der Waals surface area (Å²) in [5.74, 6) is 0.106. The average molecular weight is 478 g/mol. The fourth-order valence-corrected chi connectivity index (χ4v) is 4.08. The van der Waals surface area contributed by atoms with Gasteiger partial charge in [-0.3, -0.25) is 4.79 Å². The summed E-state index contributed by atoms with van der Waals surface area (Å²) in [4.78, 5) is 24.7. The van der Waals surface area contributed by atoms with Gasteiger partial charge in [-0.2, -0.15) is 0 Å². The van der Waals surface area contributed by atoms with Crippen LogP contribution in [-0.2, 0) is 16.1 Å². The van der Waals surface area contributed by atoms with Crippen LogP contribution in [0.5, 0.6) is 23.0 Å². The number of cyclic esters (lactones) is 1. The summed E-state index contributed by atoms with van der Waals surface area (Å²) in [6.07, 6.45) is 1.17. The van der Waals surface area contributed by atoms with E-state index < -0.39 is 17.2 Å². The highest BCUT2D eigenvalue weighted by molar-refractivity contribution is 5.94. The number of hydrogen-bond donors (Lipinski definition) is 0. The highest BCUT2D eigenvalue weighted by Crippen LogP contribution is 2.50. The van der Waals surface area contributed by atoms with Gasteiger partial charge < -0.3 is 23.7 Å². The van der Waals surface area contributed by atoms with Crippen LogP contribution in [0.4, 0.5) is 4.39 Å². The molecular weight excluding hydrogens is 455 g/mol. The van der Waals surface area contributed by atoms with Crippen LogP contribution >= 0.6 is 0 Å². The molecule has 8 heteroatoms. The molecule has 0 N–H and O–H groups in total. The van der Waals surface area contributed by atoms with E-state index in [2.05, 4.69) is 0 Å². The Morgan fingerprint density at radius 2 is 1.80 bits per heavy atom. The molecule has 1 saturated carbocycles. The number of esters is 2. The summed E-state index contributed by atoms with van der Waals surface area (Å²) in [5.41, 5.74) is 1.99. The molecule has 2 aliphatic rings. The van der Waals surface area contributed by atoms with E-state index in [-0.39, 0.29) is 24.9 Å². The Morgan fingerprint density at radius 3 is 2.51 bits per heavy atom. The number of carbonyl (C=O) groups excluding carboxylic acids is 2. The molecule has 0 radical (unpaired) electrons. The molecule has 7 nitrogen and oxygen atoms in total. The number of benzene rings is 3. The molecule has 0 amide bonds. The Kier molecular flexibility index (Phi) is 5.80. The van der Waals surface area contributed by atoms with Crippen LogP contribution in [-0.4, -0.2) is 32.8 Å². The quantitative estimate of drug-likeness (QED) is 0.335. The lowest BCUT2D eigenvalue weighted by atomic mass is 9.99. The minimum Gasteiger partial charge on any atom is -0.493 e. The number of hydrogen-bond acceptors (Lipinski definition) is 7. The summed E-state index contributed by atoms with van der Waals surface area (Å²) < 4.78 is 41.3. The summed E-state index contributed by atoms with van der Waals surface area (Å²) in [6, 6.07) is 14.5. The van der Waals surface area contributed by atoms with Gasteiger partial charge in [0.1, 0.15) is 30.2 Å². The van der Waals surface area contributed by atoms with Crippen molar-refractivity contribution in [3.8, 4) is 34.1 Å². The molecule has 1 fully saturated rings. The van der Waals surface area contributed by atoms with E-state index >= 15 is 0 Å². The van der Waals surface area contributed by atoms with Gasteiger partial charge in [0.25, 0.3) is 0 Å². The normalized spacial score (nSPS) is 15.1. The second-order valence-electron chi connectivity index (χ2n) is 8.54. The van der Waals surface area contributed by atoms with Gasteiger partial charge in [0, 0.05) is 17.2 Å². The number of fused-ring (bicyclic) bond motifs is 1. The van der Waals surface area contributed by atoms with Crippen molar-refractivity contribution in [2.24, 2.45) is 5.41 Å². The SMILES string of the molecule is COc1ccc(-c2ccc3c(c2)COC3=O)c(OCC2(C(=O)Oc3cccc(F)c3)CC2)c1OC. The third-order valence-electron chi connectivity index (χ3n) is 6.28. The maximum atomic E-state index is 13.5. The van der Waals surface area contributed by atoms with Crippen molar-refractivity contribution >= 4 is 11.9 Å². The van der Waals surface area contributed by atoms with Gasteiger partial charge in [-0.05, 0) is 54.8 Å². The van der Waals surface area contributed by atoms with Crippen molar-refractivity contribution in [2.75, 3.05) is 20.8 Å². The van der Waals surface area contributed by atoms with Crippen LogP contribution < -0.4 is 18.9 Å². The summed E-state index contributed by atoms with van der Waals surface area (Å²) in [7, 11) is 3.03. The molecule has 0 unspecified atom stereocenters. The molecular formula is C27H23FO7. The fraction of sp³-hybridized carbons (Fsp3) is 0.259. The van der Waals surface area contributed by atoms with E-state index in [1.54, 1.807) is 12.1 Å². The van der Waals surface area contributed by atoms with Crippen LogP contribution in [0.1, 0.15) is 28.8 Å². The van der Waals surface area contributed by atoms with Crippen LogP contribution in [0.25, 0.3) is 11.1 Å². The zero-order valence-corrected chi connectivity index (χ0v) is 19.3. The van der Waals surface area contributed by atoms with Crippen molar-refractivity contribution in [2.45, 2.75) is 19.4 Å². The lowest BCUT2D eigenvalue weighted by Gasteiger charge is -2.21. The molecule has 0 saturated heterocycles. The Balaban J connectivity index is 1.44. The van der Waals surface area contributed by atoms with E-state index in [4.69, 9.17) is 23.7 Å². The average Bonchev–Trinajstić information content (AvgIpc) is 3.58. The van der Waals surface area contributed by atoms with Gasteiger partial charge in [-0.15, -0.1) is 0 Å². The first-order valence-corrected chi connectivity index (χ1v) is 11.1. The van der Waals surface area contributed by atoms with E-state index in [0.29, 0.717) is 41.2 Å². The summed E-state index contributed by atoms with van der Waals surface area (Å²) >= 11 is 0. The smallest absolute Gasteiger partial charge is 0.338 e. The molecule has 3 aromatic rings. The fourth-order valence-electron chi connectivity index (χ4n) is 4.08. The molecule has 3 aromatic carbocycles. The third-order valence-corrected chi connectivity index (χ3v) is 6.28. The van der Waals surface area contributed by atoms with Gasteiger partial charge in [0.15, 0.2) is 11.5 Å². The Bertz CT molecular complexity index is 1310. The van der Waals surface area contributed by atoms with Crippen molar-refractivity contribution in [1.82, 2.24) is 0 Å². The summed E-state index contributed by atoms with van der Waals surface area (Å²) in [5, 5.41) is 0. The maximum Gasteiger partial charge on any atom is 0.338 e. The predicted molar refractivity (Wildman–Crippen MR) is 123 cm³/mol. The summed E-state index contributed by atoms with van der Waals surface area (Å²) in [6.45, 7) is 0.255. The maximum absolute atomic E-state index is 13.5. The van der Waals surface area contributed by atoms with Crippen LogP contribution in [0.15, 0.2) is 54.6 Å². The first-order valence-electron chi connectivity index (χ1n) is 11.1. The second-order valence-corrected chi connectivity index (χ2v) is 8.54. The highest BCUT2D eigenvalue weighted by Gasteiger charge is 2.53. The van der Waals surface area contributed by atoms with Gasteiger partial charge in [0.2, 0.25) is 5.75 Å². The third kappa shape index (κ3) is 4.27. The number of halogens is 1. The molecule has 180 valence electrons. The van der Waals surface area contributed by atoms with Crippen molar-refractivity contribution in [3.05, 3.63) is 71.5 Å². The van der Waals surface area contributed by atoms with E-state index in [0.717, 1.165) is 11.1 Å². The lowest BCUT2D eigenvalue weighted by Crippen LogP contribution is -2.28. The van der Waals surface area contributed by atoms with Crippen LogP contribution in [0, 0.1) is 11.2 Å². The van der Waals surface area contributed by atoms with E-state index in [1.807, 2.05) is 18.2 Å². The van der Waals surface area contributed by atoms with Crippen LogP contribution in [0.3, 0.4) is 0 Å². The van der Waals surface area contributed by atoms with Gasteiger partial charge in [0.05, 0.1) is 19.8 Å². The number of rotatable bonds is 8. The van der Waals surface area contributed by atoms with E-state index in [1.165, 1.54) is 38.5 Å². The molecule has 5 rings (SSSR count). The first-order chi connectivity index (χ1) is 16.9. The second kappa shape index (κ2) is 8.94. The zero-order valence-electron chi connectivity index (χ0n) is 19.3. The minimum atomic E-state index is -0.837. The molecule has 35 heavy (non-hydrogen) atoms. The van der Waals surface area contributed by atoms with Gasteiger partial charge in [-0.25, -0.2) is 9.18 Å². The molecule has 0 aromatic heterocycles. The van der Waals surface area contributed by atoms with Gasteiger partial charge in [-0.1, -0.05) is 12.1 Å². The Hall–Kier alpha value is -4.07. The molecule has 1 aliphatic heterocycles. The molecule has 1 heterocycles. The Labute approximate surface area is 201 Å². The highest BCUT2D eigenvalue weighted by atomic mass is 19.1. The van der Waals surface area contributed by atoms with Crippen LogP contribution in [0.2, 0.25) is 0 Å². The zero-order chi connectivity index (χ0) is 24.6. The minimum absolute atomic E-state index is 0.0458.